The van der Waals surface area contributed by atoms with Gasteiger partial charge in [-0.05, 0) is 29.6 Å². The van der Waals surface area contributed by atoms with Crippen molar-refractivity contribution in [2.45, 2.75) is 33.7 Å². The van der Waals surface area contributed by atoms with Gasteiger partial charge in [-0.3, -0.25) is 4.79 Å². The molecule has 17 heavy (non-hydrogen) atoms. The zero-order chi connectivity index (χ0) is 12.4. The Bertz CT molecular complexity index is 433. The van der Waals surface area contributed by atoms with Gasteiger partial charge in [0.2, 0.25) is 5.91 Å². The first-order chi connectivity index (χ1) is 8.11. The van der Waals surface area contributed by atoms with Gasteiger partial charge in [-0.25, -0.2) is 0 Å². The number of amides is 1. The molecule has 1 amide bonds. The molecule has 1 unspecified atom stereocenters. The van der Waals surface area contributed by atoms with E-state index in [2.05, 4.69) is 5.32 Å². The average Bonchev–Trinajstić information content (AvgIpc) is 2.70. The minimum atomic E-state index is 0.0527. The summed E-state index contributed by atoms with van der Waals surface area (Å²) in [4.78, 5) is 11.8. The van der Waals surface area contributed by atoms with Gasteiger partial charge in [0.25, 0.3) is 0 Å². The first-order valence-corrected chi connectivity index (χ1v) is 6.17. The fraction of sp³-hybridized carbons (Fsp3) is 0.462. The molecule has 4 heteroatoms. The van der Waals surface area contributed by atoms with E-state index < -0.39 is 0 Å². The lowest BCUT2D eigenvalue weighted by Crippen LogP contribution is -2.26. The van der Waals surface area contributed by atoms with Crippen molar-refractivity contribution in [3.8, 4) is 0 Å². The Morgan fingerprint density at radius 2 is 2.35 bits per heavy atom. The molecule has 0 bridgehead atoms. The maximum absolute atomic E-state index is 11.8. The zero-order valence-electron chi connectivity index (χ0n) is 10.6. The second-order valence-corrected chi connectivity index (χ2v) is 4.67. The SMILES string of the molecule is CCC(C)C(=O)Nc1ccc2c(c1)B(C)OC2. The third-order valence-corrected chi connectivity index (χ3v) is 3.40. The van der Waals surface area contributed by atoms with E-state index in [1.807, 2.05) is 38.9 Å². The molecule has 0 saturated heterocycles. The van der Waals surface area contributed by atoms with E-state index in [4.69, 9.17) is 4.65 Å². The summed E-state index contributed by atoms with van der Waals surface area (Å²) in [5.74, 6) is 0.135. The van der Waals surface area contributed by atoms with Gasteiger partial charge in [0.05, 0.1) is 6.61 Å². The quantitative estimate of drug-likeness (QED) is 0.808. The highest BCUT2D eigenvalue weighted by Gasteiger charge is 2.23. The number of hydrogen-bond donors (Lipinski definition) is 1. The Hall–Kier alpha value is -1.29. The zero-order valence-corrected chi connectivity index (χ0v) is 10.6. The van der Waals surface area contributed by atoms with Gasteiger partial charge in [0.1, 0.15) is 0 Å². The van der Waals surface area contributed by atoms with E-state index in [1.54, 1.807) is 0 Å². The van der Waals surface area contributed by atoms with Crippen molar-refractivity contribution in [3.63, 3.8) is 0 Å². The molecular formula is C13H18BNO2. The summed E-state index contributed by atoms with van der Waals surface area (Å²) in [5, 5.41) is 2.95. The monoisotopic (exact) mass is 231 g/mol. The molecule has 1 aromatic carbocycles. The molecule has 3 nitrogen and oxygen atoms in total. The Kier molecular flexibility index (Phi) is 3.53. The Morgan fingerprint density at radius 3 is 3.06 bits per heavy atom. The van der Waals surface area contributed by atoms with Gasteiger partial charge in [-0.1, -0.05) is 26.7 Å². The van der Waals surface area contributed by atoms with Crippen molar-refractivity contribution in [2.75, 3.05) is 5.32 Å². The van der Waals surface area contributed by atoms with Crippen LogP contribution in [-0.2, 0) is 16.1 Å². The van der Waals surface area contributed by atoms with Crippen LogP contribution in [0.4, 0.5) is 5.69 Å². The molecule has 1 aliphatic rings. The smallest absolute Gasteiger partial charge is 0.324 e. The molecule has 0 radical (unpaired) electrons. The van der Waals surface area contributed by atoms with E-state index >= 15 is 0 Å². The lowest BCUT2D eigenvalue weighted by Gasteiger charge is -2.11. The predicted octanol–water partition coefficient (Wildman–Crippen LogP) is 2.03. The molecule has 0 spiro atoms. The van der Waals surface area contributed by atoms with E-state index in [9.17, 15) is 4.79 Å². The summed E-state index contributed by atoms with van der Waals surface area (Å²) in [6.45, 7) is 6.80. The summed E-state index contributed by atoms with van der Waals surface area (Å²) in [5.41, 5.74) is 3.28. The summed E-state index contributed by atoms with van der Waals surface area (Å²) in [6, 6.07) is 6.00. The van der Waals surface area contributed by atoms with E-state index in [0.29, 0.717) is 6.61 Å². The molecule has 1 aromatic rings. The molecule has 1 heterocycles. The van der Waals surface area contributed by atoms with Crippen LogP contribution in [0.3, 0.4) is 0 Å². The normalized spacial score (nSPS) is 15.6. The highest BCUT2D eigenvalue weighted by atomic mass is 16.4. The van der Waals surface area contributed by atoms with Gasteiger partial charge in [0.15, 0.2) is 0 Å². The molecular weight excluding hydrogens is 213 g/mol. The summed E-state index contributed by atoms with van der Waals surface area (Å²) < 4.78 is 5.54. The molecule has 0 fully saturated rings. The largest absolute Gasteiger partial charge is 0.427 e. The maximum Gasteiger partial charge on any atom is 0.324 e. The Morgan fingerprint density at radius 1 is 1.59 bits per heavy atom. The summed E-state index contributed by atoms with van der Waals surface area (Å²) in [6.07, 6.45) is 0.857. The van der Waals surface area contributed by atoms with Gasteiger partial charge in [-0.15, -0.1) is 0 Å². The highest BCUT2D eigenvalue weighted by molar-refractivity contribution is 6.67. The number of benzene rings is 1. The van der Waals surface area contributed by atoms with E-state index in [-0.39, 0.29) is 18.7 Å². The predicted molar refractivity (Wildman–Crippen MR) is 70.6 cm³/mol. The first kappa shape index (κ1) is 12.2. The number of hydrogen-bond acceptors (Lipinski definition) is 2. The van der Waals surface area contributed by atoms with Crippen molar-refractivity contribution in [3.05, 3.63) is 23.8 Å². The lowest BCUT2D eigenvalue weighted by atomic mass is 9.64. The van der Waals surface area contributed by atoms with E-state index in [1.165, 1.54) is 11.0 Å². The third-order valence-electron chi connectivity index (χ3n) is 3.40. The van der Waals surface area contributed by atoms with Crippen LogP contribution in [0.15, 0.2) is 18.2 Å². The Labute approximate surface area is 103 Å². The number of fused-ring (bicyclic) bond motifs is 1. The molecule has 1 aliphatic heterocycles. The standard InChI is InChI=1S/C13H18BNO2/c1-4-9(2)13(16)15-11-6-5-10-8-17-14(3)12(10)7-11/h5-7,9H,4,8H2,1-3H3,(H,15,16). The minimum Gasteiger partial charge on any atom is -0.427 e. The number of carbonyl (C=O) groups excluding carboxylic acids is 1. The van der Waals surface area contributed by atoms with Gasteiger partial charge >= 0.3 is 6.92 Å². The molecule has 0 saturated carbocycles. The van der Waals surface area contributed by atoms with Crippen LogP contribution in [0.2, 0.25) is 6.82 Å². The second-order valence-electron chi connectivity index (χ2n) is 4.67. The molecule has 90 valence electrons. The van der Waals surface area contributed by atoms with Crippen LogP contribution >= 0.6 is 0 Å². The third kappa shape index (κ3) is 2.52. The number of rotatable bonds is 3. The van der Waals surface area contributed by atoms with Crippen molar-refractivity contribution in [2.24, 2.45) is 5.92 Å². The fourth-order valence-electron chi connectivity index (χ4n) is 1.94. The molecule has 2 rings (SSSR count). The number of anilines is 1. The van der Waals surface area contributed by atoms with Crippen LogP contribution in [-0.4, -0.2) is 12.8 Å². The van der Waals surface area contributed by atoms with Crippen LogP contribution in [0.25, 0.3) is 0 Å². The van der Waals surface area contributed by atoms with Crippen molar-refractivity contribution in [1.82, 2.24) is 0 Å². The van der Waals surface area contributed by atoms with Crippen LogP contribution < -0.4 is 10.8 Å². The first-order valence-electron chi connectivity index (χ1n) is 6.17. The maximum atomic E-state index is 11.8. The Balaban J connectivity index is 2.13. The van der Waals surface area contributed by atoms with Gasteiger partial charge < -0.3 is 9.97 Å². The average molecular weight is 231 g/mol. The second kappa shape index (κ2) is 4.92. The molecule has 0 aromatic heterocycles. The fourth-order valence-corrected chi connectivity index (χ4v) is 1.94. The van der Waals surface area contributed by atoms with Crippen molar-refractivity contribution < 1.29 is 9.45 Å². The van der Waals surface area contributed by atoms with E-state index in [0.717, 1.165) is 12.1 Å². The minimum absolute atomic E-state index is 0.0527. The number of nitrogens with one attached hydrogen (secondary N) is 1. The van der Waals surface area contributed by atoms with Crippen LogP contribution in [0.1, 0.15) is 25.8 Å². The highest BCUT2D eigenvalue weighted by Crippen LogP contribution is 2.16. The summed E-state index contributed by atoms with van der Waals surface area (Å²) in [7, 11) is 0. The lowest BCUT2D eigenvalue weighted by molar-refractivity contribution is -0.119. The van der Waals surface area contributed by atoms with Crippen LogP contribution in [0.5, 0.6) is 0 Å². The molecule has 1 N–H and O–H groups in total. The van der Waals surface area contributed by atoms with Gasteiger partial charge in [-0.2, -0.15) is 0 Å². The molecule has 1 atom stereocenters. The number of carbonyl (C=O) groups is 1. The van der Waals surface area contributed by atoms with Crippen LogP contribution in [0, 0.1) is 5.92 Å². The molecule has 0 aliphatic carbocycles. The van der Waals surface area contributed by atoms with Crippen molar-refractivity contribution in [1.29, 1.82) is 0 Å². The van der Waals surface area contributed by atoms with Crippen molar-refractivity contribution >= 4 is 24.0 Å². The summed E-state index contributed by atoms with van der Waals surface area (Å²) >= 11 is 0. The topological polar surface area (TPSA) is 38.3 Å². The van der Waals surface area contributed by atoms with Gasteiger partial charge in [0, 0.05) is 11.6 Å².